The minimum absolute atomic E-state index is 0.123. The maximum atomic E-state index is 15.5. The maximum absolute atomic E-state index is 15.5. The van der Waals surface area contributed by atoms with Crippen LogP contribution in [0.2, 0.25) is 0 Å². The Bertz CT molecular complexity index is 1130. The molecule has 2 aromatic heterocycles. The first-order valence-electron chi connectivity index (χ1n) is 11.1. The number of alkyl halides is 2. The summed E-state index contributed by atoms with van der Waals surface area (Å²) in [6, 6.07) is 14.1. The predicted molar refractivity (Wildman–Crippen MR) is 125 cm³/mol. The first-order valence-corrected chi connectivity index (χ1v) is 11.1. The van der Waals surface area contributed by atoms with Crippen LogP contribution in [-0.2, 0) is 10.7 Å². The average Bonchev–Trinajstić information content (AvgIpc) is 2.84. The predicted octanol–water partition coefficient (Wildman–Crippen LogP) is 4.74. The van der Waals surface area contributed by atoms with E-state index in [0.29, 0.717) is 37.7 Å². The lowest BCUT2D eigenvalue weighted by Gasteiger charge is -2.36. The zero-order valence-electron chi connectivity index (χ0n) is 19.4. The molecule has 3 aromatic rings. The van der Waals surface area contributed by atoms with E-state index in [1.165, 1.54) is 18.2 Å². The highest BCUT2D eigenvalue weighted by molar-refractivity contribution is 5.68. The van der Waals surface area contributed by atoms with E-state index in [2.05, 4.69) is 15.0 Å². The van der Waals surface area contributed by atoms with Gasteiger partial charge in [0.1, 0.15) is 22.8 Å². The van der Waals surface area contributed by atoms with Crippen molar-refractivity contribution >= 4 is 11.9 Å². The summed E-state index contributed by atoms with van der Waals surface area (Å²) in [5.74, 6) is -2.83. The van der Waals surface area contributed by atoms with Crippen LogP contribution in [0.5, 0.6) is 0 Å². The number of benzene rings is 1. The first-order chi connectivity index (χ1) is 16.1. The second kappa shape index (κ2) is 9.32. The number of aromatic nitrogens is 3. The number of amides is 1. The Morgan fingerprint density at radius 1 is 0.941 bits per heavy atom. The molecular formula is C25H27F2N5O2. The molecule has 1 fully saturated rings. The van der Waals surface area contributed by atoms with Crippen molar-refractivity contribution < 1.29 is 18.3 Å². The molecule has 0 radical (unpaired) electrons. The topological polar surface area (TPSA) is 71.5 Å². The maximum Gasteiger partial charge on any atom is 0.410 e. The van der Waals surface area contributed by atoms with E-state index >= 15 is 8.78 Å². The monoisotopic (exact) mass is 467 g/mol. The molecule has 34 heavy (non-hydrogen) atoms. The van der Waals surface area contributed by atoms with Crippen molar-refractivity contribution in [3.05, 3.63) is 72.1 Å². The van der Waals surface area contributed by atoms with Crippen molar-refractivity contribution in [2.75, 3.05) is 31.1 Å². The number of halogens is 2. The number of hydrogen-bond donors (Lipinski definition) is 0. The summed E-state index contributed by atoms with van der Waals surface area (Å²) in [6.45, 7) is 7.08. The van der Waals surface area contributed by atoms with Gasteiger partial charge in [-0.3, -0.25) is 4.98 Å². The summed E-state index contributed by atoms with van der Waals surface area (Å²) in [7, 11) is 0. The number of piperazine rings is 1. The summed E-state index contributed by atoms with van der Waals surface area (Å²) in [6.07, 6.45) is 1.18. The zero-order valence-corrected chi connectivity index (χ0v) is 19.4. The van der Waals surface area contributed by atoms with Crippen molar-refractivity contribution in [1.82, 2.24) is 19.9 Å². The second-order valence-corrected chi connectivity index (χ2v) is 9.04. The second-order valence-electron chi connectivity index (χ2n) is 9.04. The summed E-state index contributed by atoms with van der Waals surface area (Å²) in [5, 5.41) is 0. The van der Waals surface area contributed by atoms with E-state index in [1.54, 1.807) is 47.5 Å². The normalized spacial score (nSPS) is 14.7. The Hall–Kier alpha value is -3.62. The van der Waals surface area contributed by atoms with Gasteiger partial charge in [0.15, 0.2) is 5.82 Å². The minimum Gasteiger partial charge on any atom is -0.444 e. The summed E-state index contributed by atoms with van der Waals surface area (Å²) in [5.41, 5.74) is -0.738. The number of ether oxygens (including phenoxy) is 1. The van der Waals surface area contributed by atoms with Crippen LogP contribution in [0.15, 0.2) is 60.8 Å². The van der Waals surface area contributed by atoms with Gasteiger partial charge < -0.3 is 14.5 Å². The van der Waals surface area contributed by atoms with Gasteiger partial charge in [0.05, 0.1) is 0 Å². The number of pyridine rings is 1. The van der Waals surface area contributed by atoms with Crippen molar-refractivity contribution in [3.63, 3.8) is 0 Å². The lowest BCUT2D eigenvalue weighted by atomic mass is 10.0. The Kier molecular flexibility index (Phi) is 6.45. The van der Waals surface area contributed by atoms with Gasteiger partial charge in [-0.25, -0.2) is 14.8 Å². The molecule has 9 heteroatoms. The fourth-order valence-electron chi connectivity index (χ4n) is 3.61. The third-order valence-electron chi connectivity index (χ3n) is 5.32. The van der Waals surface area contributed by atoms with E-state index in [0.717, 1.165) is 0 Å². The number of nitrogens with zero attached hydrogens (tertiary/aromatic N) is 5. The summed E-state index contributed by atoms with van der Waals surface area (Å²) >= 11 is 0. The molecule has 1 saturated heterocycles. The SMILES string of the molecule is CC(C)(C)OC(=O)N1CCN(c2cc(C(F)(F)c3ccccc3)nc(-c3ccccn3)n2)CC1. The van der Waals surface area contributed by atoms with Crippen LogP contribution in [0.3, 0.4) is 0 Å². The van der Waals surface area contributed by atoms with Crippen LogP contribution in [0.25, 0.3) is 11.5 Å². The molecule has 0 unspecified atom stereocenters. The molecule has 0 saturated carbocycles. The molecule has 3 heterocycles. The molecule has 0 spiro atoms. The number of hydrogen-bond acceptors (Lipinski definition) is 6. The molecule has 4 rings (SSSR count). The molecule has 178 valence electrons. The molecular weight excluding hydrogens is 440 g/mol. The Balaban J connectivity index is 1.64. The molecule has 1 aliphatic rings. The van der Waals surface area contributed by atoms with Crippen LogP contribution in [0.4, 0.5) is 19.4 Å². The van der Waals surface area contributed by atoms with Crippen molar-refractivity contribution in [3.8, 4) is 11.5 Å². The average molecular weight is 468 g/mol. The van der Waals surface area contributed by atoms with Crippen LogP contribution in [0.1, 0.15) is 32.0 Å². The zero-order chi connectivity index (χ0) is 24.3. The lowest BCUT2D eigenvalue weighted by Crippen LogP contribution is -2.50. The number of rotatable bonds is 4. The smallest absolute Gasteiger partial charge is 0.410 e. The van der Waals surface area contributed by atoms with Crippen LogP contribution in [0, 0.1) is 0 Å². The molecule has 1 amide bonds. The van der Waals surface area contributed by atoms with Gasteiger partial charge in [-0.1, -0.05) is 36.4 Å². The van der Waals surface area contributed by atoms with Crippen molar-refractivity contribution in [1.29, 1.82) is 0 Å². The molecule has 7 nitrogen and oxygen atoms in total. The molecule has 1 aromatic carbocycles. The molecule has 1 aliphatic heterocycles. The highest BCUT2D eigenvalue weighted by atomic mass is 19.3. The minimum atomic E-state index is -3.32. The Morgan fingerprint density at radius 2 is 1.62 bits per heavy atom. The fraction of sp³-hybridized carbons (Fsp3) is 0.360. The Morgan fingerprint density at radius 3 is 2.24 bits per heavy atom. The highest BCUT2D eigenvalue weighted by Gasteiger charge is 2.37. The summed E-state index contributed by atoms with van der Waals surface area (Å²) < 4.78 is 36.4. The third-order valence-corrected chi connectivity index (χ3v) is 5.32. The van der Waals surface area contributed by atoms with Crippen LogP contribution in [-0.4, -0.2) is 57.7 Å². The van der Waals surface area contributed by atoms with Gasteiger partial charge in [0.2, 0.25) is 0 Å². The van der Waals surface area contributed by atoms with E-state index in [4.69, 9.17) is 4.74 Å². The standard InChI is InChI=1S/C25H27F2N5O2/c1-24(2,3)34-23(33)32-15-13-31(14-16-32)21-17-20(25(26,27)18-9-5-4-6-10-18)29-22(30-21)19-11-7-8-12-28-19/h4-12,17H,13-16H2,1-3H3. The summed E-state index contributed by atoms with van der Waals surface area (Å²) in [4.78, 5) is 28.9. The van der Waals surface area contributed by atoms with Crippen molar-refractivity contribution in [2.45, 2.75) is 32.3 Å². The van der Waals surface area contributed by atoms with Gasteiger partial charge >= 0.3 is 12.0 Å². The van der Waals surface area contributed by atoms with Gasteiger partial charge in [-0.15, -0.1) is 0 Å². The molecule has 0 bridgehead atoms. The van der Waals surface area contributed by atoms with E-state index in [9.17, 15) is 4.79 Å². The largest absolute Gasteiger partial charge is 0.444 e. The van der Waals surface area contributed by atoms with Crippen LogP contribution < -0.4 is 4.90 Å². The van der Waals surface area contributed by atoms with Crippen molar-refractivity contribution in [2.24, 2.45) is 0 Å². The van der Waals surface area contributed by atoms with E-state index in [1.807, 2.05) is 25.7 Å². The first kappa shape index (κ1) is 23.5. The molecule has 0 N–H and O–H groups in total. The van der Waals surface area contributed by atoms with Gasteiger partial charge in [-0.05, 0) is 32.9 Å². The highest BCUT2D eigenvalue weighted by Crippen LogP contribution is 2.36. The Labute approximate surface area is 197 Å². The van der Waals surface area contributed by atoms with E-state index in [-0.39, 0.29) is 17.5 Å². The molecule has 0 atom stereocenters. The quantitative estimate of drug-likeness (QED) is 0.552. The number of carbonyl (C=O) groups is 1. The van der Waals surface area contributed by atoms with Crippen LogP contribution >= 0.6 is 0 Å². The van der Waals surface area contributed by atoms with Gasteiger partial charge in [-0.2, -0.15) is 8.78 Å². The number of anilines is 1. The molecule has 0 aliphatic carbocycles. The van der Waals surface area contributed by atoms with E-state index < -0.39 is 17.2 Å². The fourth-order valence-corrected chi connectivity index (χ4v) is 3.61. The third kappa shape index (κ3) is 5.30. The van der Waals surface area contributed by atoms with Gasteiger partial charge in [0.25, 0.3) is 0 Å². The lowest BCUT2D eigenvalue weighted by molar-refractivity contribution is 0.0240. The van der Waals surface area contributed by atoms with Gasteiger partial charge in [0, 0.05) is 44.0 Å². The number of carbonyl (C=O) groups excluding carboxylic acids is 1.